The van der Waals surface area contributed by atoms with E-state index in [0.29, 0.717) is 13.1 Å². The maximum atomic E-state index is 11.9. The number of esters is 1. The van der Waals surface area contributed by atoms with Gasteiger partial charge in [0.15, 0.2) is 5.96 Å². The Morgan fingerprint density at radius 2 is 2.00 bits per heavy atom. The topological polar surface area (TPSA) is 63.2 Å². The predicted octanol–water partition coefficient (Wildman–Crippen LogP) is 1.90. The Hall–Kier alpha value is -2.24. The van der Waals surface area contributed by atoms with Crippen LogP contribution in [0.5, 0.6) is 5.75 Å². The maximum absolute atomic E-state index is 11.9. The van der Waals surface area contributed by atoms with E-state index in [1.54, 1.807) is 7.11 Å². The van der Waals surface area contributed by atoms with Crippen molar-refractivity contribution in [1.29, 1.82) is 0 Å². The zero-order valence-corrected chi connectivity index (χ0v) is 14.9. The number of methoxy groups -OCH3 is 2. The molecule has 1 aliphatic rings. The Morgan fingerprint density at radius 3 is 2.58 bits per heavy atom. The molecular weight excluding hydrogens is 306 g/mol. The Balaban J connectivity index is 2.06. The van der Waals surface area contributed by atoms with E-state index >= 15 is 0 Å². The second kappa shape index (κ2) is 8.57. The first-order valence-corrected chi connectivity index (χ1v) is 8.33. The highest BCUT2D eigenvalue weighted by molar-refractivity contribution is 5.82. The van der Waals surface area contributed by atoms with Gasteiger partial charge in [0.1, 0.15) is 5.75 Å². The smallest absolute Gasteiger partial charge is 0.310 e. The van der Waals surface area contributed by atoms with Crippen LogP contribution in [0.3, 0.4) is 0 Å². The lowest BCUT2D eigenvalue weighted by Gasteiger charge is -2.21. The molecule has 0 saturated carbocycles. The molecular formula is C18H27N3O3. The molecule has 1 aliphatic heterocycles. The predicted molar refractivity (Wildman–Crippen MR) is 94.1 cm³/mol. The van der Waals surface area contributed by atoms with Crippen molar-refractivity contribution in [1.82, 2.24) is 10.2 Å². The van der Waals surface area contributed by atoms with E-state index in [0.717, 1.165) is 30.4 Å². The van der Waals surface area contributed by atoms with Crippen LogP contribution in [0.15, 0.2) is 29.3 Å². The van der Waals surface area contributed by atoms with Crippen LogP contribution in [0.4, 0.5) is 0 Å². The summed E-state index contributed by atoms with van der Waals surface area (Å²) >= 11 is 0. The van der Waals surface area contributed by atoms with Gasteiger partial charge in [-0.2, -0.15) is 0 Å². The molecule has 1 aromatic carbocycles. The molecule has 0 aliphatic carbocycles. The second-order valence-electron chi connectivity index (χ2n) is 6.03. The Morgan fingerprint density at radius 1 is 1.29 bits per heavy atom. The lowest BCUT2D eigenvalue weighted by Crippen LogP contribution is -2.40. The number of carbonyl (C=O) groups excluding carboxylic acids is 1. The van der Waals surface area contributed by atoms with Gasteiger partial charge in [0, 0.05) is 19.6 Å². The molecule has 6 heteroatoms. The summed E-state index contributed by atoms with van der Waals surface area (Å²) in [6.45, 7) is 6.93. The molecule has 24 heavy (non-hydrogen) atoms. The van der Waals surface area contributed by atoms with Crippen LogP contribution in [0.2, 0.25) is 0 Å². The molecule has 0 aromatic heterocycles. The highest BCUT2D eigenvalue weighted by Gasteiger charge is 2.36. The minimum Gasteiger partial charge on any atom is -0.497 e. The van der Waals surface area contributed by atoms with Gasteiger partial charge < -0.3 is 19.7 Å². The van der Waals surface area contributed by atoms with E-state index in [2.05, 4.69) is 17.1 Å². The van der Waals surface area contributed by atoms with Crippen molar-refractivity contribution in [3.05, 3.63) is 29.8 Å². The Kier molecular flexibility index (Phi) is 6.46. The summed E-state index contributed by atoms with van der Waals surface area (Å²) in [6, 6.07) is 7.89. The average Bonchev–Trinajstić information content (AvgIpc) is 3.00. The van der Waals surface area contributed by atoms with Gasteiger partial charge in [0.25, 0.3) is 0 Å². The molecule has 0 bridgehead atoms. The Bertz CT molecular complexity index is 571. The molecule has 0 spiro atoms. The van der Waals surface area contributed by atoms with Gasteiger partial charge in [-0.1, -0.05) is 19.1 Å². The first-order valence-electron chi connectivity index (χ1n) is 8.33. The SMILES string of the molecule is CCNC(=NCc1ccc(OC)cc1)N1CC(C)C(C(=O)OC)C1. The highest BCUT2D eigenvalue weighted by Crippen LogP contribution is 2.24. The van der Waals surface area contributed by atoms with Crippen LogP contribution in [0, 0.1) is 11.8 Å². The summed E-state index contributed by atoms with van der Waals surface area (Å²) in [6.07, 6.45) is 0. The second-order valence-corrected chi connectivity index (χ2v) is 6.03. The van der Waals surface area contributed by atoms with E-state index < -0.39 is 0 Å². The largest absolute Gasteiger partial charge is 0.497 e. The van der Waals surface area contributed by atoms with Crippen molar-refractivity contribution in [3.8, 4) is 5.75 Å². The average molecular weight is 333 g/mol. The number of aliphatic imine (C=N–C) groups is 1. The summed E-state index contributed by atoms with van der Waals surface area (Å²) in [5, 5.41) is 3.31. The lowest BCUT2D eigenvalue weighted by molar-refractivity contribution is -0.145. The molecule has 1 fully saturated rings. The number of nitrogens with one attached hydrogen (secondary N) is 1. The van der Waals surface area contributed by atoms with Crippen LogP contribution in [-0.2, 0) is 16.1 Å². The van der Waals surface area contributed by atoms with Crippen LogP contribution in [0.1, 0.15) is 19.4 Å². The zero-order chi connectivity index (χ0) is 17.5. The molecule has 1 saturated heterocycles. The lowest BCUT2D eigenvalue weighted by atomic mass is 9.99. The van der Waals surface area contributed by atoms with Crippen molar-refractivity contribution in [2.24, 2.45) is 16.8 Å². The summed E-state index contributed by atoms with van der Waals surface area (Å²) in [5.74, 6) is 1.69. The fourth-order valence-electron chi connectivity index (χ4n) is 2.92. The minimum atomic E-state index is -0.143. The monoisotopic (exact) mass is 333 g/mol. The van der Waals surface area contributed by atoms with E-state index in [9.17, 15) is 4.79 Å². The van der Waals surface area contributed by atoms with E-state index in [-0.39, 0.29) is 17.8 Å². The molecule has 1 heterocycles. The third-order valence-electron chi connectivity index (χ3n) is 4.32. The molecule has 2 rings (SSSR count). The van der Waals surface area contributed by atoms with Crippen LogP contribution in [-0.4, -0.2) is 50.7 Å². The molecule has 2 atom stereocenters. The van der Waals surface area contributed by atoms with Gasteiger partial charge in [0.2, 0.25) is 0 Å². The summed E-state index contributed by atoms with van der Waals surface area (Å²) in [5.41, 5.74) is 1.11. The maximum Gasteiger partial charge on any atom is 0.310 e. The van der Waals surface area contributed by atoms with Gasteiger partial charge in [-0.05, 0) is 30.5 Å². The summed E-state index contributed by atoms with van der Waals surface area (Å²) in [4.78, 5) is 18.7. The van der Waals surface area contributed by atoms with Gasteiger partial charge in [-0.15, -0.1) is 0 Å². The van der Waals surface area contributed by atoms with E-state index in [1.165, 1.54) is 7.11 Å². The molecule has 132 valence electrons. The van der Waals surface area contributed by atoms with Gasteiger partial charge in [-0.25, -0.2) is 4.99 Å². The first-order chi connectivity index (χ1) is 11.6. The number of guanidine groups is 1. The van der Waals surface area contributed by atoms with E-state index in [4.69, 9.17) is 14.5 Å². The van der Waals surface area contributed by atoms with Crippen LogP contribution in [0.25, 0.3) is 0 Å². The standard InChI is InChI=1S/C18H27N3O3/c1-5-19-18(20-10-14-6-8-15(23-3)9-7-14)21-11-13(2)16(12-21)17(22)24-4/h6-9,13,16H,5,10-12H2,1-4H3,(H,19,20). The summed E-state index contributed by atoms with van der Waals surface area (Å²) in [7, 11) is 3.10. The van der Waals surface area contributed by atoms with Crippen molar-refractivity contribution < 1.29 is 14.3 Å². The molecule has 2 unspecified atom stereocenters. The minimum absolute atomic E-state index is 0.0974. The molecule has 0 radical (unpaired) electrons. The number of carbonyl (C=O) groups is 1. The fraction of sp³-hybridized carbons (Fsp3) is 0.556. The molecule has 1 aromatic rings. The van der Waals surface area contributed by atoms with Crippen molar-refractivity contribution in [2.75, 3.05) is 33.9 Å². The third kappa shape index (κ3) is 4.40. The van der Waals surface area contributed by atoms with Crippen molar-refractivity contribution >= 4 is 11.9 Å². The van der Waals surface area contributed by atoms with Crippen LogP contribution >= 0.6 is 0 Å². The number of nitrogens with zero attached hydrogens (tertiary/aromatic N) is 2. The highest BCUT2D eigenvalue weighted by atomic mass is 16.5. The number of rotatable bonds is 5. The van der Waals surface area contributed by atoms with Crippen LogP contribution < -0.4 is 10.1 Å². The molecule has 6 nitrogen and oxygen atoms in total. The molecule has 0 amide bonds. The summed E-state index contributed by atoms with van der Waals surface area (Å²) < 4.78 is 10.1. The number of hydrogen-bond donors (Lipinski definition) is 1. The van der Waals surface area contributed by atoms with Gasteiger partial charge in [0.05, 0.1) is 26.7 Å². The number of ether oxygens (including phenoxy) is 2. The quantitative estimate of drug-likeness (QED) is 0.507. The zero-order valence-electron chi connectivity index (χ0n) is 14.9. The normalized spacial score (nSPS) is 20.8. The number of hydrogen-bond acceptors (Lipinski definition) is 4. The fourth-order valence-corrected chi connectivity index (χ4v) is 2.92. The van der Waals surface area contributed by atoms with Gasteiger partial charge in [-0.3, -0.25) is 4.79 Å². The van der Waals surface area contributed by atoms with Crippen molar-refractivity contribution in [3.63, 3.8) is 0 Å². The van der Waals surface area contributed by atoms with E-state index in [1.807, 2.05) is 31.2 Å². The third-order valence-corrected chi connectivity index (χ3v) is 4.32. The number of likely N-dealkylation sites (tertiary alicyclic amines) is 1. The van der Waals surface area contributed by atoms with Crippen molar-refractivity contribution in [2.45, 2.75) is 20.4 Å². The number of benzene rings is 1. The molecule has 1 N–H and O–H groups in total. The van der Waals surface area contributed by atoms with Gasteiger partial charge >= 0.3 is 5.97 Å². The first kappa shape index (κ1) is 18.1. The Labute approximate surface area is 143 Å².